The molecule has 0 aliphatic carbocycles. The molecule has 0 N–H and O–H groups in total. The highest BCUT2D eigenvalue weighted by Crippen LogP contribution is 2.48. The van der Waals surface area contributed by atoms with Crippen LogP contribution in [0, 0.1) is 0 Å². The van der Waals surface area contributed by atoms with Gasteiger partial charge in [-0.05, 0) is 83.0 Å². The van der Waals surface area contributed by atoms with Gasteiger partial charge in [-0.2, -0.15) is 0 Å². The summed E-state index contributed by atoms with van der Waals surface area (Å²) in [6.45, 7) is 0. The van der Waals surface area contributed by atoms with Crippen molar-refractivity contribution in [2.75, 3.05) is 0 Å². The van der Waals surface area contributed by atoms with Gasteiger partial charge in [0.2, 0.25) is 0 Å². The van der Waals surface area contributed by atoms with Gasteiger partial charge in [0, 0.05) is 25.7 Å². The van der Waals surface area contributed by atoms with E-state index in [1.54, 1.807) is 0 Å². The smallest absolute Gasteiger partial charge is 0.0638 e. The number of rotatable bonds is 3. The van der Waals surface area contributed by atoms with Gasteiger partial charge in [-0.1, -0.05) is 157 Å². The van der Waals surface area contributed by atoms with Crippen LogP contribution in [0.3, 0.4) is 0 Å². The second-order valence-electron chi connectivity index (χ2n) is 10.4. The van der Waals surface area contributed by atoms with Crippen LogP contribution in [0.5, 0.6) is 0 Å². The van der Waals surface area contributed by atoms with Crippen LogP contribution in [0.4, 0.5) is 0 Å². The molecule has 0 bridgehead atoms. The van der Waals surface area contributed by atoms with Gasteiger partial charge < -0.3 is 0 Å². The Balaban J connectivity index is 1.46. The SMILES string of the molecule is [2H]c1c([2H])c([2H])c(-c2c3c([2H])c([2H])c([2H])c([2H])c3c(-c3c([2H])c([2H])c(-c4cc5c([2H])c([2H])c([2H])c([2H])c5c5c4sc4c([2H])c([2H])c6c([2H])c([2H])c([2H])c([2H])c6c45)c([2H])c3[2H])c3c([2H])c([2H])c([2H])c([2H])c23)c([2H])c1[2H]. The number of thiophene rings is 1. The molecule has 9 aromatic carbocycles. The lowest BCUT2D eigenvalue weighted by molar-refractivity contribution is 1.64. The first-order chi connectivity index (χ1) is 34.6. The van der Waals surface area contributed by atoms with E-state index >= 15 is 0 Å². The molecule has 218 valence electrons. The van der Waals surface area contributed by atoms with Gasteiger partial charge in [-0.15, -0.1) is 11.3 Å². The summed E-state index contributed by atoms with van der Waals surface area (Å²) in [5.41, 5.74) is -3.65. The van der Waals surface area contributed by atoms with Gasteiger partial charge in [-0.3, -0.25) is 0 Å². The van der Waals surface area contributed by atoms with E-state index in [9.17, 15) is 11.0 Å². The molecule has 0 radical (unpaired) electrons. The fraction of sp³-hybridized carbons (Fsp3) is 0. The Morgan fingerprint density at radius 3 is 1.45 bits per heavy atom. The third-order valence-corrected chi connectivity index (χ3v) is 9.05. The molecule has 0 atom stereocenters. The largest absolute Gasteiger partial charge is 0.134 e. The van der Waals surface area contributed by atoms with E-state index < -0.39 is 213 Å². The third kappa shape index (κ3) is 4.00. The highest BCUT2D eigenvalue weighted by Gasteiger charge is 2.19. The van der Waals surface area contributed by atoms with E-state index in [0.717, 1.165) is 0 Å². The zero-order valence-electron chi connectivity index (χ0n) is 50.5. The number of benzene rings is 9. The lowest BCUT2D eigenvalue weighted by atomic mass is 9.85. The summed E-state index contributed by atoms with van der Waals surface area (Å²) in [4.78, 5) is 0. The summed E-state index contributed by atoms with van der Waals surface area (Å²) in [6.07, 6.45) is 0. The van der Waals surface area contributed by atoms with Crippen LogP contribution in [0.1, 0.15) is 37.0 Å². The highest BCUT2D eigenvalue weighted by molar-refractivity contribution is 7.26. The second kappa shape index (κ2) is 10.4. The maximum atomic E-state index is 9.74. The van der Waals surface area contributed by atoms with E-state index in [-0.39, 0.29) is 47.3 Å². The standard InChI is InChI=1S/C46H28S/c1-2-13-31(14-3-1)42-36-18-8-10-20-38(36)43(39-21-11-9-19-37(39)42)32-24-22-30(23-25-32)40-28-33-15-5-7-17-35(33)45-44-34-16-6-4-12-29(34)26-27-41(44)47-46(40)45/h1-28H/i1D,2D,3D,4D,5D,6D,7D,8D,9D,10D,11D,12D,13D,14D,15D,16D,17D,18D,19D,20D,21D,22D,23D,24D,25D,26D,27D. The Kier molecular flexibility index (Phi) is 2.47. The van der Waals surface area contributed by atoms with E-state index in [0.29, 0.717) is 11.3 Å². The summed E-state index contributed by atoms with van der Waals surface area (Å²) in [7, 11) is 0. The van der Waals surface area contributed by atoms with Crippen LogP contribution in [0.15, 0.2) is 169 Å². The molecule has 10 rings (SSSR count). The van der Waals surface area contributed by atoms with Gasteiger partial charge in [0.15, 0.2) is 0 Å². The zero-order chi connectivity index (χ0) is 54.4. The third-order valence-electron chi connectivity index (χ3n) is 7.92. The minimum Gasteiger partial charge on any atom is -0.134 e. The molecule has 0 spiro atoms. The molecular formula is C46H28S. The molecule has 0 saturated carbocycles. The van der Waals surface area contributed by atoms with Crippen molar-refractivity contribution in [3.63, 3.8) is 0 Å². The van der Waals surface area contributed by atoms with Crippen LogP contribution >= 0.6 is 11.3 Å². The van der Waals surface area contributed by atoms with Crippen molar-refractivity contribution in [1.29, 1.82) is 0 Å². The lowest BCUT2D eigenvalue weighted by Gasteiger charge is -2.18. The fourth-order valence-electron chi connectivity index (χ4n) is 5.99. The Hall–Kier alpha value is -5.76. The van der Waals surface area contributed by atoms with Crippen LogP contribution in [-0.2, 0) is 0 Å². The van der Waals surface area contributed by atoms with E-state index in [1.807, 2.05) is 0 Å². The molecule has 0 saturated heterocycles. The molecule has 0 nitrogen and oxygen atoms in total. The van der Waals surface area contributed by atoms with Gasteiger partial charge in [0.05, 0.1) is 37.0 Å². The molecular weight excluding hydrogens is 585 g/mol. The number of fused-ring (bicyclic) bond motifs is 9. The van der Waals surface area contributed by atoms with E-state index in [1.165, 1.54) is 6.07 Å². The first kappa shape index (κ1) is 11.2. The molecule has 1 heterocycles. The fourth-order valence-corrected chi connectivity index (χ4v) is 7.18. The monoisotopic (exact) mass is 639 g/mol. The molecule has 1 aromatic heterocycles. The van der Waals surface area contributed by atoms with Crippen LogP contribution in [0.2, 0.25) is 0 Å². The van der Waals surface area contributed by atoms with Crippen LogP contribution < -0.4 is 0 Å². The molecule has 10 aromatic rings. The topological polar surface area (TPSA) is 0 Å². The first-order valence-corrected chi connectivity index (χ1v) is 14.8. The van der Waals surface area contributed by atoms with Crippen molar-refractivity contribution in [2.24, 2.45) is 0 Å². The predicted molar refractivity (Wildman–Crippen MR) is 206 cm³/mol. The summed E-state index contributed by atoms with van der Waals surface area (Å²) in [6, 6.07) is -21.3. The second-order valence-corrected chi connectivity index (χ2v) is 11.4. The molecule has 0 aliphatic heterocycles. The van der Waals surface area contributed by atoms with Gasteiger partial charge in [0.25, 0.3) is 0 Å². The van der Waals surface area contributed by atoms with Crippen LogP contribution in [-0.4, -0.2) is 0 Å². The van der Waals surface area contributed by atoms with Gasteiger partial charge >= 0.3 is 0 Å². The van der Waals surface area contributed by atoms with Crippen molar-refractivity contribution in [1.82, 2.24) is 0 Å². The number of hydrogen-bond donors (Lipinski definition) is 0. The van der Waals surface area contributed by atoms with Crippen molar-refractivity contribution in [3.05, 3.63) is 169 Å². The highest BCUT2D eigenvalue weighted by atomic mass is 32.1. The van der Waals surface area contributed by atoms with Crippen molar-refractivity contribution in [3.8, 4) is 33.4 Å². The number of hydrogen-bond acceptors (Lipinski definition) is 1. The van der Waals surface area contributed by atoms with E-state index in [4.69, 9.17) is 26.0 Å². The Morgan fingerprint density at radius 1 is 0.362 bits per heavy atom. The van der Waals surface area contributed by atoms with Crippen molar-refractivity contribution in [2.45, 2.75) is 0 Å². The average molecular weight is 640 g/mol. The Bertz CT molecular complexity index is 4250. The minimum atomic E-state index is -0.988. The normalized spacial score (nSPS) is 19.9. The molecule has 1 heteroatoms. The summed E-state index contributed by atoms with van der Waals surface area (Å²) < 4.78 is 242. The molecule has 0 unspecified atom stereocenters. The van der Waals surface area contributed by atoms with Crippen molar-refractivity contribution < 1.29 is 37.0 Å². The lowest BCUT2D eigenvalue weighted by Crippen LogP contribution is -1.90. The molecule has 47 heavy (non-hydrogen) atoms. The quantitative estimate of drug-likeness (QED) is 0.169. The maximum Gasteiger partial charge on any atom is 0.0638 e. The predicted octanol–water partition coefficient (Wildman–Crippen LogP) is 13.7. The summed E-state index contributed by atoms with van der Waals surface area (Å²) >= 11 is 0.714. The summed E-state index contributed by atoms with van der Waals surface area (Å²) in [5, 5.41) is -4.08. The zero-order valence-corrected chi connectivity index (χ0v) is 24.3. The van der Waals surface area contributed by atoms with Crippen LogP contribution in [0.25, 0.3) is 96.6 Å². The molecule has 0 aliphatic rings. The van der Waals surface area contributed by atoms with E-state index in [2.05, 4.69) is 0 Å². The Labute approximate surface area is 314 Å². The summed E-state index contributed by atoms with van der Waals surface area (Å²) in [5.74, 6) is 0. The molecule has 0 fully saturated rings. The van der Waals surface area contributed by atoms with Gasteiger partial charge in [0.1, 0.15) is 0 Å². The minimum absolute atomic E-state index is 0.0685. The van der Waals surface area contributed by atoms with Gasteiger partial charge in [-0.25, -0.2) is 0 Å². The Morgan fingerprint density at radius 2 is 0.830 bits per heavy atom. The molecule has 0 amide bonds. The maximum absolute atomic E-state index is 9.74. The average Bonchev–Trinajstić information content (AvgIpc) is 3.77. The first-order valence-electron chi connectivity index (χ1n) is 27.5. The van der Waals surface area contributed by atoms with Crippen molar-refractivity contribution >= 4 is 74.6 Å².